The molecule has 0 atom stereocenters. The SMILES string of the molecule is Cc1ccc(/[N+]([O-])=C/c2cccc([N+](=O)[O-])c2)cc1. The third kappa shape index (κ3) is 3.16. The van der Waals surface area contributed by atoms with E-state index >= 15 is 0 Å². The molecule has 0 aliphatic heterocycles. The van der Waals surface area contributed by atoms with Gasteiger partial charge in [0.25, 0.3) is 5.69 Å². The monoisotopic (exact) mass is 256 g/mol. The third-order valence-corrected chi connectivity index (χ3v) is 2.64. The van der Waals surface area contributed by atoms with Crippen LogP contribution in [0.4, 0.5) is 11.4 Å². The number of nitro groups is 1. The van der Waals surface area contributed by atoms with Gasteiger partial charge in [0.15, 0.2) is 6.21 Å². The molecule has 19 heavy (non-hydrogen) atoms. The summed E-state index contributed by atoms with van der Waals surface area (Å²) in [7, 11) is 0. The van der Waals surface area contributed by atoms with Crippen molar-refractivity contribution in [3.05, 3.63) is 75.0 Å². The Bertz CT molecular complexity index is 633. The summed E-state index contributed by atoms with van der Waals surface area (Å²) in [6.07, 6.45) is 1.32. The van der Waals surface area contributed by atoms with Crippen molar-refractivity contribution in [3.63, 3.8) is 0 Å². The number of hydrogen-bond acceptors (Lipinski definition) is 3. The molecule has 0 aliphatic carbocycles. The average Bonchev–Trinajstić information content (AvgIpc) is 2.39. The van der Waals surface area contributed by atoms with Crippen LogP contribution < -0.4 is 0 Å². The zero-order chi connectivity index (χ0) is 13.8. The first kappa shape index (κ1) is 12.8. The minimum atomic E-state index is -0.488. The molecule has 0 bridgehead atoms. The summed E-state index contributed by atoms with van der Waals surface area (Å²) in [4.78, 5) is 10.2. The molecule has 96 valence electrons. The molecule has 0 amide bonds. The van der Waals surface area contributed by atoms with Crippen LogP contribution in [0.3, 0.4) is 0 Å². The van der Waals surface area contributed by atoms with Crippen molar-refractivity contribution >= 4 is 17.6 Å². The molecule has 5 heteroatoms. The van der Waals surface area contributed by atoms with Crippen molar-refractivity contribution in [1.82, 2.24) is 0 Å². The van der Waals surface area contributed by atoms with Crippen LogP contribution in [0.1, 0.15) is 11.1 Å². The van der Waals surface area contributed by atoms with E-state index in [-0.39, 0.29) is 5.69 Å². The fourth-order valence-electron chi connectivity index (χ4n) is 1.62. The number of nitro benzene ring substituents is 1. The molecule has 0 saturated heterocycles. The summed E-state index contributed by atoms with van der Waals surface area (Å²) in [5.41, 5.74) is 2.00. The highest BCUT2D eigenvalue weighted by Crippen LogP contribution is 2.14. The zero-order valence-corrected chi connectivity index (χ0v) is 10.3. The second-order valence-corrected chi connectivity index (χ2v) is 4.14. The van der Waals surface area contributed by atoms with Crippen LogP contribution in [0.2, 0.25) is 0 Å². The first-order valence-electron chi connectivity index (χ1n) is 5.68. The Morgan fingerprint density at radius 3 is 2.32 bits per heavy atom. The van der Waals surface area contributed by atoms with Crippen molar-refractivity contribution in [2.45, 2.75) is 6.92 Å². The summed E-state index contributed by atoms with van der Waals surface area (Å²) >= 11 is 0. The molecule has 0 spiro atoms. The Kier molecular flexibility index (Phi) is 3.56. The number of nitrogens with zero attached hydrogens (tertiary/aromatic N) is 2. The van der Waals surface area contributed by atoms with Crippen LogP contribution in [0, 0.1) is 22.2 Å². The van der Waals surface area contributed by atoms with Gasteiger partial charge in [-0.05, 0) is 13.0 Å². The molecule has 0 unspecified atom stereocenters. The molecule has 5 nitrogen and oxygen atoms in total. The lowest BCUT2D eigenvalue weighted by atomic mass is 10.2. The Balaban J connectivity index is 2.32. The van der Waals surface area contributed by atoms with E-state index in [9.17, 15) is 15.3 Å². The van der Waals surface area contributed by atoms with Gasteiger partial charge in [0.05, 0.1) is 4.92 Å². The van der Waals surface area contributed by atoms with Crippen molar-refractivity contribution in [2.75, 3.05) is 0 Å². The molecule has 2 aromatic carbocycles. The van der Waals surface area contributed by atoms with Crippen molar-refractivity contribution < 1.29 is 9.66 Å². The van der Waals surface area contributed by atoms with Crippen molar-refractivity contribution in [3.8, 4) is 0 Å². The maximum absolute atomic E-state index is 11.9. The van der Waals surface area contributed by atoms with E-state index in [1.165, 1.54) is 18.3 Å². The highest BCUT2D eigenvalue weighted by Gasteiger charge is 2.07. The van der Waals surface area contributed by atoms with Gasteiger partial charge in [0.2, 0.25) is 5.69 Å². The quantitative estimate of drug-likeness (QED) is 0.278. The molecule has 0 aliphatic rings. The van der Waals surface area contributed by atoms with E-state index in [2.05, 4.69) is 0 Å². The topological polar surface area (TPSA) is 69.2 Å². The highest BCUT2D eigenvalue weighted by molar-refractivity contribution is 5.77. The van der Waals surface area contributed by atoms with Gasteiger partial charge in [0, 0.05) is 29.8 Å². The predicted molar refractivity (Wildman–Crippen MR) is 72.7 cm³/mol. The van der Waals surface area contributed by atoms with Gasteiger partial charge in [-0.1, -0.05) is 23.8 Å². The summed E-state index contributed by atoms with van der Waals surface area (Å²) in [6.45, 7) is 1.93. The fourth-order valence-corrected chi connectivity index (χ4v) is 1.62. The molecule has 0 N–H and O–H groups in total. The maximum atomic E-state index is 11.9. The molecular weight excluding hydrogens is 244 g/mol. The minimum absolute atomic E-state index is 0.0361. The predicted octanol–water partition coefficient (Wildman–Crippen LogP) is 3.16. The van der Waals surface area contributed by atoms with Gasteiger partial charge in [0.1, 0.15) is 0 Å². The van der Waals surface area contributed by atoms with Gasteiger partial charge in [-0.15, -0.1) is 0 Å². The van der Waals surface area contributed by atoms with Gasteiger partial charge in [-0.25, -0.2) is 0 Å². The third-order valence-electron chi connectivity index (χ3n) is 2.64. The Hall–Kier alpha value is -2.69. The van der Waals surface area contributed by atoms with Crippen LogP contribution in [0.25, 0.3) is 0 Å². The number of aryl methyl sites for hydroxylation is 1. The van der Waals surface area contributed by atoms with E-state index < -0.39 is 4.92 Å². The van der Waals surface area contributed by atoms with Gasteiger partial charge < -0.3 is 5.21 Å². The largest absolute Gasteiger partial charge is 0.618 e. The lowest BCUT2D eigenvalue weighted by molar-refractivity contribution is -0.385. The number of rotatable bonds is 3. The molecule has 0 aromatic heterocycles. The Morgan fingerprint density at radius 1 is 1.00 bits per heavy atom. The smallest absolute Gasteiger partial charge is 0.270 e. The zero-order valence-electron chi connectivity index (χ0n) is 10.3. The average molecular weight is 256 g/mol. The standard InChI is InChI=1S/C14H12N2O3/c1-11-5-7-13(8-6-11)15(17)10-12-3-2-4-14(9-12)16(18)19/h2-10H,1H3/b15-10-. The van der Waals surface area contributed by atoms with Crippen LogP contribution in [-0.2, 0) is 0 Å². The van der Waals surface area contributed by atoms with Crippen LogP contribution in [-0.4, -0.2) is 15.9 Å². The lowest BCUT2D eigenvalue weighted by Gasteiger charge is -2.03. The lowest BCUT2D eigenvalue weighted by Crippen LogP contribution is -1.99. The number of non-ortho nitro benzene ring substituents is 1. The molecule has 0 fully saturated rings. The molecular formula is C14H12N2O3. The van der Waals surface area contributed by atoms with E-state index in [1.54, 1.807) is 24.3 Å². The molecule has 0 saturated carbocycles. The van der Waals surface area contributed by atoms with Gasteiger partial charge in [-0.2, -0.15) is 4.74 Å². The second-order valence-electron chi connectivity index (χ2n) is 4.14. The highest BCUT2D eigenvalue weighted by atomic mass is 16.6. The van der Waals surface area contributed by atoms with Crippen molar-refractivity contribution in [2.24, 2.45) is 0 Å². The van der Waals surface area contributed by atoms with Gasteiger partial charge in [-0.3, -0.25) is 10.1 Å². The van der Waals surface area contributed by atoms with E-state index in [4.69, 9.17) is 0 Å². The molecule has 2 rings (SSSR count). The second kappa shape index (κ2) is 5.30. The molecule has 0 radical (unpaired) electrons. The van der Waals surface area contributed by atoms with Gasteiger partial charge >= 0.3 is 0 Å². The fraction of sp³-hybridized carbons (Fsp3) is 0.0714. The molecule has 2 aromatic rings. The maximum Gasteiger partial charge on any atom is 0.270 e. The van der Waals surface area contributed by atoms with Crippen LogP contribution in [0.15, 0.2) is 48.5 Å². The first-order valence-corrected chi connectivity index (χ1v) is 5.68. The van der Waals surface area contributed by atoms with E-state index in [1.807, 2.05) is 19.1 Å². The van der Waals surface area contributed by atoms with Crippen molar-refractivity contribution in [1.29, 1.82) is 0 Å². The summed E-state index contributed by atoms with van der Waals surface area (Å²) in [5, 5.41) is 22.5. The summed E-state index contributed by atoms with van der Waals surface area (Å²) in [5.74, 6) is 0. The summed E-state index contributed by atoms with van der Waals surface area (Å²) in [6, 6.07) is 13.0. The van der Waals surface area contributed by atoms with E-state index in [0.29, 0.717) is 16.0 Å². The number of benzene rings is 2. The Labute approximate surface area is 110 Å². The Morgan fingerprint density at radius 2 is 1.68 bits per heavy atom. The number of hydrogen-bond donors (Lipinski definition) is 0. The van der Waals surface area contributed by atoms with Crippen LogP contribution in [0.5, 0.6) is 0 Å². The minimum Gasteiger partial charge on any atom is -0.618 e. The summed E-state index contributed by atoms with van der Waals surface area (Å²) < 4.78 is 0.693. The molecule has 0 heterocycles. The van der Waals surface area contributed by atoms with E-state index in [0.717, 1.165) is 5.56 Å². The normalized spacial score (nSPS) is 11.3. The first-order chi connectivity index (χ1) is 9.06. The van der Waals surface area contributed by atoms with Crippen LogP contribution >= 0.6 is 0 Å².